The molecule has 0 amide bonds. The van der Waals surface area contributed by atoms with Crippen molar-refractivity contribution < 1.29 is 22.4 Å². The highest BCUT2D eigenvalue weighted by Crippen LogP contribution is 2.26. The van der Waals surface area contributed by atoms with Crippen LogP contribution in [0.25, 0.3) is 11.0 Å². The van der Waals surface area contributed by atoms with E-state index in [0.29, 0.717) is 34.6 Å². The lowest BCUT2D eigenvalue weighted by Gasteiger charge is -2.17. The zero-order valence-corrected chi connectivity index (χ0v) is 19.2. The quantitative estimate of drug-likeness (QED) is 0.390. The number of aromatic nitrogens is 1. The minimum Gasteiger partial charge on any atom is -0.456 e. The van der Waals surface area contributed by atoms with Gasteiger partial charge in [0.25, 0.3) is 0 Å². The number of fused-ring (bicyclic) bond motifs is 1. The summed E-state index contributed by atoms with van der Waals surface area (Å²) in [5.74, 6) is -0.719. The normalized spacial score (nSPS) is 11.9. The number of aryl methyl sites for hydroxylation is 2. The summed E-state index contributed by atoms with van der Waals surface area (Å²) in [4.78, 5) is 24.6. The van der Waals surface area contributed by atoms with Crippen molar-refractivity contribution in [2.24, 2.45) is 7.05 Å². The molecule has 31 heavy (non-hydrogen) atoms. The van der Waals surface area contributed by atoms with Gasteiger partial charge in [-0.25, -0.2) is 18.0 Å². The summed E-state index contributed by atoms with van der Waals surface area (Å²) >= 11 is 6.18. The molecule has 3 rings (SSSR count). The highest BCUT2D eigenvalue weighted by Gasteiger charge is 2.26. The second-order valence-corrected chi connectivity index (χ2v) is 9.37. The van der Waals surface area contributed by atoms with Crippen LogP contribution < -0.4 is 5.63 Å². The molecule has 0 fully saturated rings. The molecule has 1 aromatic carbocycles. The highest BCUT2D eigenvalue weighted by atomic mass is 35.5. The number of carbonyl (C=O) groups is 1. The lowest BCUT2D eigenvalue weighted by molar-refractivity contribution is 0.0462. The van der Waals surface area contributed by atoms with E-state index in [0.717, 1.165) is 5.56 Å². The molecule has 0 spiro atoms. The fourth-order valence-electron chi connectivity index (χ4n) is 3.28. The van der Waals surface area contributed by atoms with Crippen LogP contribution in [0.3, 0.4) is 0 Å². The van der Waals surface area contributed by atoms with Crippen LogP contribution >= 0.6 is 11.6 Å². The lowest BCUT2D eigenvalue weighted by atomic mass is 10.1. The molecule has 0 atom stereocenters. The molecular formula is C21H23ClN2O6S. The molecular weight excluding hydrogens is 444 g/mol. The maximum atomic E-state index is 12.7. The predicted molar refractivity (Wildman–Crippen MR) is 117 cm³/mol. The van der Waals surface area contributed by atoms with Gasteiger partial charge >= 0.3 is 11.6 Å². The Morgan fingerprint density at radius 2 is 1.87 bits per heavy atom. The van der Waals surface area contributed by atoms with Gasteiger partial charge in [0.15, 0.2) is 0 Å². The Labute approximate surface area is 185 Å². The van der Waals surface area contributed by atoms with E-state index in [-0.39, 0.29) is 17.2 Å². The number of hydrogen-bond acceptors (Lipinski definition) is 6. The Kier molecular flexibility index (Phi) is 6.59. The van der Waals surface area contributed by atoms with Crippen molar-refractivity contribution in [3.63, 3.8) is 0 Å². The summed E-state index contributed by atoms with van der Waals surface area (Å²) in [5.41, 5.74) is 1.02. The van der Waals surface area contributed by atoms with Gasteiger partial charge in [0.1, 0.15) is 22.8 Å². The molecule has 2 aromatic heterocycles. The van der Waals surface area contributed by atoms with Crippen molar-refractivity contribution in [3.8, 4) is 0 Å². The topological polar surface area (TPSA) is 98.8 Å². The molecule has 0 radical (unpaired) electrons. The number of ether oxygens (including phenoxy) is 1. The monoisotopic (exact) mass is 466 g/mol. The van der Waals surface area contributed by atoms with Crippen LogP contribution in [-0.2, 0) is 28.4 Å². The minimum atomic E-state index is -3.71. The molecule has 0 saturated heterocycles. The molecule has 166 valence electrons. The maximum absolute atomic E-state index is 12.7. The summed E-state index contributed by atoms with van der Waals surface area (Å²) in [7, 11) is -2.15. The first-order chi connectivity index (χ1) is 14.6. The Morgan fingerprint density at radius 3 is 2.52 bits per heavy atom. The first kappa shape index (κ1) is 23.1. The van der Waals surface area contributed by atoms with E-state index in [9.17, 15) is 18.0 Å². The van der Waals surface area contributed by atoms with E-state index in [4.69, 9.17) is 20.8 Å². The summed E-state index contributed by atoms with van der Waals surface area (Å²) in [5, 5.41) is 1.04. The molecule has 3 aromatic rings. The lowest BCUT2D eigenvalue weighted by Crippen LogP contribution is -2.30. The summed E-state index contributed by atoms with van der Waals surface area (Å²) in [6, 6.07) is 5.82. The van der Waals surface area contributed by atoms with E-state index in [1.165, 1.54) is 27.2 Å². The number of rotatable bonds is 7. The molecule has 10 heteroatoms. The average Bonchev–Trinajstić information content (AvgIpc) is 3.10. The molecule has 0 N–H and O–H groups in total. The van der Waals surface area contributed by atoms with Crippen molar-refractivity contribution in [1.29, 1.82) is 0 Å². The summed E-state index contributed by atoms with van der Waals surface area (Å²) in [6.45, 7) is 5.71. The molecule has 2 heterocycles. The van der Waals surface area contributed by atoms with Crippen LogP contribution in [0.1, 0.15) is 35.5 Å². The van der Waals surface area contributed by atoms with Gasteiger partial charge in [0.2, 0.25) is 10.0 Å². The maximum Gasteiger partial charge on any atom is 0.355 e. The first-order valence-corrected chi connectivity index (χ1v) is 11.5. The molecule has 0 unspecified atom stereocenters. The van der Waals surface area contributed by atoms with Crippen LogP contribution in [0.5, 0.6) is 0 Å². The second-order valence-electron chi connectivity index (χ2n) is 7.03. The van der Waals surface area contributed by atoms with E-state index in [1.807, 2.05) is 0 Å². The van der Waals surface area contributed by atoms with Crippen molar-refractivity contribution in [1.82, 2.24) is 8.87 Å². The van der Waals surface area contributed by atoms with Crippen LogP contribution in [0.15, 0.2) is 44.6 Å². The third kappa shape index (κ3) is 4.53. The molecule has 0 bridgehead atoms. The fourth-order valence-corrected chi connectivity index (χ4v) is 4.97. The smallest absolute Gasteiger partial charge is 0.355 e. The third-order valence-electron chi connectivity index (χ3n) is 5.00. The Hall–Kier alpha value is -2.62. The van der Waals surface area contributed by atoms with Crippen LogP contribution in [0.2, 0.25) is 5.02 Å². The SMILES string of the molecule is CCN(CC)S(=O)(=O)c1cc(C(=O)OCc2cc(=O)oc3cc(C)c(Cl)cc23)n(C)c1. The van der Waals surface area contributed by atoms with Gasteiger partial charge < -0.3 is 13.7 Å². The highest BCUT2D eigenvalue weighted by molar-refractivity contribution is 7.89. The molecule has 0 saturated carbocycles. The van der Waals surface area contributed by atoms with Crippen molar-refractivity contribution >= 4 is 38.6 Å². The zero-order chi connectivity index (χ0) is 22.9. The van der Waals surface area contributed by atoms with Crippen molar-refractivity contribution in [2.75, 3.05) is 13.1 Å². The Balaban J connectivity index is 1.88. The number of benzene rings is 1. The number of nitrogens with zero attached hydrogens (tertiary/aromatic N) is 2. The van der Waals surface area contributed by atoms with Gasteiger partial charge in [-0.3, -0.25) is 0 Å². The van der Waals surface area contributed by atoms with Gasteiger partial charge in [-0.15, -0.1) is 0 Å². The molecule has 0 aliphatic rings. The van der Waals surface area contributed by atoms with Gasteiger partial charge in [-0.1, -0.05) is 25.4 Å². The standard InChI is InChI=1S/C21H23ClN2O6S/c1-5-24(6-2)31(27,28)15-9-18(23(4)11-15)21(26)29-12-14-8-20(25)30-19-7-13(3)17(22)10-16(14)19/h7-11H,5-6,12H2,1-4H3. The number of hydrogen-bond donors (Lipinski definition) is 0. The Bertz CT molecular complexity index is 1310. The third-order valence-corrected chi connectivity index (χ3v) is 7.42. The average molecular weight is 467 g/mol. The van der Waals surface area contributed by atoms with Crippen molar-refractivity contribution in [2.45, 2.75) is 32.3 Å². The van der Waals surface area contributed by atoms with Gasteiger partial charge in [0, 0.05) is 48.4 Å². The second kappa shape index (κ2) is 8.86. The number of esters is 1. The van der Waals surface area contributed by atoms with Crippen LogP contribution in [-0.4, -0.2) is 36.3 Å². The van der Waals surface area contributed by atoms with Gasteiger partial charge in [-0.05, 0) is 30.7 Å². The van der Waals surface area contributed by atoms with E-state index < -0.39 is 21.6 Å². The largest absolute Gasteiger partial charge is 0.456 e. The number of carbonyl (C=O) groups excluding carboxylic acids is 1. The van der Waals surface area contributed by atoms with Crippen LogP contribution in [0, 0.1) is 6.92 Å². The first-order valence-electron chi connectivity index (χ1n) is 9.65. The van der Waals surface area contributed by atoms with E-state index in [1.54, 1.807) is 40.0 Å². The van der Waals surface area contributed by atoms with Gasteiger partial charge in [0.05, 0.1) is 0 Å². The number of sulfonamides is 1. The fraction of sp³-hybridized carbons (Fsp3) is 0.333. The predicted octanol–water partition coefficient (Wildman–Crippen LogP) is 3.48. The van der Waals surface area contributed by atoms with Gasteiger partial charge in [-0.2, -0.15) is 4.31 Å². The minimum absolute atomic E-state index is 0.0127. The zero-order valence-electron chi connectivity index (χ0n) is 17.6. The van der Waals surface area contributed by atoms with Crippen LogP contribution in [0.4, 0.5) is 0 Å². The van der Waals surface area contributed by atoms with E-state index >= 15 is 0 Å². The molecule has 8 nitrogen and oxygen atoms in total. The molecule has 0 aliphatic heterocycles. The number of halogens is 1. The van der Waals surface area contributed by atoms with E-state index in [2.05, 4.69) is 0 Å². The Morgan fingerprint density at radius 1 is 1.19 bits per heavy atom. The summed E-state index contributed by atoms with van der Waals surface area (Å²) < 4.78 is 38.7. The van der Waals surface area contributed by atoms with Crippen molar-refractivity contribution in [3.05, 3.63) is 62.7 Å². The summed E-state index contributed by atoms with van der Waals surface area (Å²) in [6.07, 6.45) is 1.37. The molecule has 0 aliphatic carbocycles.